The smallest absolute Gasteiger partial charge is 0.192 e. The molecule has 2 aromatic heterocycles. The summed E-state index contributed by atoms with van der Waals surface area (Å²) in [5, 5.41) is 13.5. The van der Waals surface area contributed by atoms with E-state index in [0.717, 1.165) is 16.7 Å². The van der Waals surface area contributed by atoms with Gasteiger partial charge in [0.05, 0.1) is 17.5 Å². The highest BCUT2D eigenvalue weighted by Crippen LogP contribution is 2.37. The third-order valence-corrected chi connectivity index (χ3v) is 7.85. The molecule has 0 unspecified atom stereocenters. The molecule has 0 fully saturated rings. The molecule has 0 amide bonds. The predicted molar refractivity (Wildman–Crippen MR) is 128 cm³/mol. The van der Waals surface area contributed by atoms with Crippen LogP contribution in [0.1, 0.15) is 38.0 Å². The molecule has 1 aromatic carbocycles. The van der Waals surface area contributed by atoms with Crippen molar-refractivity contribution < 1.29 is 13.5 Å². The Morgan fingerprint density at radius 1 is 1.23 bits per heavy atom. The molecule has 0 aliphatic carbocycles. The number of fused-ring (bicyclic) bond motifs is 1. The van der Waals surface area contributed by atoms with Crippen molar-refractivity contribution in [2.45, 2.75) is 48.5 Å². The van der Waals surface area contributed by atoms with E-state index >= 15 is 0 Å². The summed E-state index contributed by atoms with van der Waals surface area (Å²) in [7, 11) is -3.29. The van der Waals surface area contributed by atoms with Crippen LogP contribution in [0.3, 0.4) is 0 Å². The predicted octanol–water partition coefficient (Wildman–Crippen LogP) is 4.82. The summed E-state index contributed by atoms with van der Waals surface area (Å²) in [6.45, 7) is 6.14. The number of anilines is 1. The van der Waals surface area contributed by atoms with Gasteiger partial charge in [-0.1, -0.05) is 60.7 Å². The summed E-state index contributed by atoms with van der Waals surface area (Å²) in [5.74, 6) is 0.997. The lowest BCUT2D eigenvalue weighted by Crippen LogP contribution is -2.26. The molecule has 168 valence electrons. The van der Waals surface area contributed by atoms with E-state index in [-0.39, 0.29) is 22.8 Å². The van der Waals surface area contributed by atoms with Crippen molar-refractivity contribution in [2.75, 3.05) is 18.2 Å². The summed E-state index contributed by atoms with van der Waals surface area (Å²) in [4.78, 5) is 13.8. The molecule has 2 N–H and O–H groups in total. The normalized spacial score (nSPS) is 14.2. The van der Waals surface area contributed by atoms with Crippen LogP contribution >= 0.6 is 34.7 Å². The van der Waals surface area contributed by atoms with Gasteiger partial charge in [0.25, 0.3) is 0 Å². The molecular weight excluding hydrogens is 476 g/mol. The minimum absolute atomic E-state index is 0.0205. The number of hydrogen-bond acceptors (Lipinski definition) is 9. The second kappa shape index (κ2) is 9.99. The second-order valence-electron chi connectivity index (χ2n) is 7.73. The van der Waals surface area contributed by atoms with Crippen LogP contribution in [0.4, 0.5) is 5.82 Å². The summed E-state index contributed by atoms with van der Waals surface area (Å²) in [6.07, 6.45) is 1.98. The SMILES string of the molecule is CC(C)C[C@H](CO)Nc1nc(S[C@@H](C)c2cccc(S(C)(=O)=O)c2)nc2nc(Cl)sc12. The quantitative estimate of drug-likeness (QED) is 0.318. The Morgan fingerprint density at radius 2 is 1.97 bits per heavy atom. The van der Waals surface area contributed by atoms with Crippen LogP contribution in [-0.2, 0) is 9.84 Å². The van der Waals surface area contributed by atoms with Gasteiger partial charge in [-0.25, -0.2) is 23.4 Å². The van der Waals surface area contributed by atoms with Crippen molar-refractivity contribution in [1.82, 2.24) is 15.0 Å². The highest BCUT2D eigenvalue weighted by Gasteiger charge is 2.19. The first kappa shape index (κ1) is 24.2. The lowest BCUT2D eigenvalue weighted by molar-refractivity contribution is 0.259. The van der Waals surface area contributed by atoms with Gasteiger partial charge in [-0.05, 0) is 37.0 Å². The summed E-state index contributed by atoms with van der Waals surface area (Å²) in [6, 6.07) is 6.73. The van der Waals surface area contributed by atoms with Crippen LogP contribution in [0.5, 0.6) is 0 Å². The molecular formula is C20H25ClN4O3S3. The van der Waals surface area contributed by atoms with Gasteiger partial charge in [0.15, 0.2) is 30.9 Å². The van der Waals surface area contributed by atoms with Gasteiger partial charge in [-0.3, -0.25) is 0 Å². The monoisotopic (exact) mass is 500 g/mol. The van der Waals surface area contributed by atoms with Gasteiger partial charge >= 0.3 is 0 Å². The maximum absolute atomic E-state index is 11.9. The number of halogens is 1. The molecule has 11 heteroatoms. The molecule has 2 heterocycles. The molecule has 0 radical (unpaired) electrons. The maximum Gasteiger partial charge on any atom is 0.192 e. The zero-order valence-electron chi connectivity index (χ0n) is 17.7. The number of thioether (sulfide) groups is 1. The lowest BCUT2D eigenvalue weighted by Gasteiger charge is -2.19. The molecule has 31 heavy (non-hydrogen) atoms. The van der Waals surface area contributed by atoms with Crippen LogP contribution < -0.4 is 5.32 Å². The number of sulfone groups is 1. The Balaban J connectivity index is 1.92. The molecule has 0 aliphatic heterocycles. The first-order valence-electron chi connectivity index (χ1n) is 9.75. The van der Waals surface area contributed by atoms with Crippen molar-refractivity contribution >= 4 is 60.7 Å². The lowest BCUT2D eigenvalue weighted by atomic mass is 10.0. The fourth-order valence-electron chi connectivity index (χ4n) is 3.09. The number of aliphatic hydroxyl groups excluding tert-OH is 1. The Hall–Kier alpha value is -1.46. The van der Waals surface area contributed by atoms with E-state index in [1.54, 1.807) is 18.2 Å². The Morgan fingerprint density at radius 3 is 2.61 bits per heavy atom. The topological polar surface area (TPSA) is 105 Å². The van der Waals surface area contributed by atoms with Crippen molar-refractivity contribution in [3.63, 3.8) is 0 Å². The van der Waals surface area contributed by atoms with E-state index in [2.05, 4.69) is 34.1 Å². The van der Waals surface area contributed by atoms with E-state index in [4.69, 9.17) is 11.6 Å². The van der Waals surface area contributed by atoms with E-state index in [9.17, 15) is 13.5 Å². The first-order chi connectivity index (χ1) is 14.6. The van der Waals surface area contributed by atoms with Crippen LogP contribution in [0.25, 0.3) is 10.3 Å². The van der Waals surface area contributed by atoms with Gasteiger partial charge in [0, 0.05) is 11.5 Å². The van der Waals surface area contributed by atoms with Crippen molar-refractivity contribution in [3.05, 3.63) is 34.3 Å². The van der Waals surface area contributed by atoms with Crippen molar-refractivity contribution in [1.29, 1.82) is 0 Å². The molecule has 0 saturated heterocycles. The van der Waals surface area contributed by atoms with Gasteiger partial charge in [0.1, 0.15) is 4.70 Å². The number of nitrogens with zero attached hydrogens (tertiary/aromatic N) is 3. The van der Waals surface area contributed by atoms with E-state index < -0.39 is 9.84 Å². The van der Waals surface area contributed by atoms with E-state index in [1.165, 1.54) is 29.4 Å². The van der Waals surface area contributed by atoms with Crippen LogP contribution in [0.15, 0.2) is 34.3 Å². The number of hydrogen-bond donors (Lipinski definition) is 2. The zero-order chi connectivity index (χ0) is 22.8. The number of rotatable bonds is 9. The van der Waals surface area contributed by atoms with Crippen LogP contribution in [0.2, 0.25) is 4.47 Å². The molecule has 2 atom stereocenters. The Bertz CT molecular complexity index is 1170. The number of nitrogens with one attached hydrogen (secondary N) is 1. The number of thiazole rings is 1. The van der Waals surface area contributed by atoms with E-state index in [0.29, 0.717) is 27.0 Å². The molecule has 3 aromatic rings. The Labute approximate surface area is 195 Å². The van der Waals surface area contributed by atoms with Crippen LogP contribution in [-0.4, -0.2) is 47.4 Å². The minimum atomic E-state index is -3.29. The largest absolute Gasteiger partial charge is 0.394 e. The maximum atomic E-state index is 11.9. The average molecular weight is 501 g/mol. The highest BCUT2D eigenvalue weighted by atomic mass is 35.5. The average Bonchev–Trinajstić information content (AvgIpc) is 3.07. The van der Waals surface area contributed by atoms with Gasteiger partial charge in [-0.15, -0.1) is 0 Å². The molecule has 0 bridgehead atoms. The first-order valence-corrected chi connectivity index (χ1v) is 13.7. The number of benzene rings is 1. The summed E-state index contributed by atoms with van der Waals surface area (Å²) < 4.78 is 24.9. The molecule has 0 spiro atoms. The fourth-order valence-corrected chi connectivity index (χ4v) is 5.65. The zero-order valence-corrected chi connectivity index (χ0v) is 20.9. The molecule has 0 aliphatic rings. The van der Waals surface area contributed by atoms with Gasteiger partial charge < -0.3 is 10.4 Å². The standard InChI is InChI=1S/C20H25ClN4O3S3/c1-11(2)8-14(10-26)22-17-16-18(23-19(21)30-16)25-20(24-17)29-12(3)13-6-5-7-15(9-13)31(4,27)28/h5-7,9,11-12,14,26H,8,10H2,1-4H3,(H,22,24,25)/t12-,14+/m0/s1. The highest BCUT2D eigenvalue weighted by molar-refractivity contribution is 7.99. The Kier molecular flexibility index (Phi) is 7.80. The third kappa shape index (κ3) is 6.29. The fraction of sp³-hybridized carbons (Fsp3) is 0.450. The van der Waals surface area contributed by atoms with Gasteiger partial charge in [-0.2, -0.15) is 0 Å². The van der Waals surface area contributed by atoms with Gasteiger partial charge in [0.2, 0.25) is 0 Å². The molecule has 3 rings (SSSR count). The third-order valence-electron chi connectivity index (χ3n) is 4.56. The molecule has 0 saturated carbocycles. The molecule has 7 nitrogen and oxygen atoms in total. The van der Waals surface area contributed by atoms with Crippen LogP contribution in [0, 0.1) is 5.92 Å². The van der Waals surface area contributed by atoms with Crippen molar-refractivity contribution in [3.8, 4) is 0 Å². The summed E-state index contributed by atoms with van der Waals surface area (Å²) >= 11 is 8.82. The summed E-state index contributed by atoms with van der Waals surface area (Å²) in [5.41, 5.74) is 1.35. The number of aromatic nitrogens is 3. The van der Waals surface area contributed by atoms with Crippen molar-refractivity contribution in [2.24, 2.45) is 5.92 Å². The second-order valence-corrected chi connectivity index (χ2v) is 12.6. The number of aliphatic hydroxyl groups is 1. The van der Waals surface area contributed by atoms with E-state index in [1.807, 2.05) is 13.0 Å². The minimum Gasteiger partial charge on any atom is -0.394 e.